The standard InChI is InChI=1S/C12H17BrFNO/c1-3-6-15-12(8-16-2)9-4-5-11(14)10(13)7-9/h4-5,7,12,15H,3,6,8H2,1-2H3. The molecule has 0 saturated heterocycles. The summed E-state index contributed by atoms with van der Waals surface area (Å²) in [7, 11) is 1.67. The zero-order chi connectivity index (χ0) is 12.0. The van der Waals surface area contributed by atoms with Crippen LogP contribution in [0.3, 0.4) is 0 Å². The lowest BCUT2D eigenvalue weighted by molar-refractivity contribution is 0.167. The fraction of sp³-hybridized carbons (Fsp3) is 0.500. The van der Waals surface area contributed by atoms with Crippen molar-refractivity contribution in [3.63, 3.8) is 0 Å². The molecule has 0 spiro atoms. The Morgan fingerprint density at radius 1 is 1.50 bits per heavy atom. The van der Waals surface area contributed by atoms with Gasteiger partial charge in [-0.05, 0) is 46.6 Å². The Morgan fingerprint density at radius 3 is 2.81 bits per heavy atom. The van der Waals surface area contributed by atoms with Crippen LogP contribution in [-0.4, -0.2) is 20.3 Å². The first-order chi connectivity index (χ1) is 7.69. The quantitative estimate of drug-likeness (QED) is 0.868. The van der Waals surface area contributed by atoms with Crippen molar-refractivity contribution in [1.29, 1.82) is 0 Å². The summed E-state index contributed by atoms with van der Waals surface area (Å²) in [5.41, 5.74) is 1.03. The molecule has 1 aromatic rings. The lowest BCUT2D eigenvalue weighted by Crippen LogP contribution is -2.25. The Hall–Kier alpha value is -0.450. The maximum absolute atomic E-state index is 13.1. The molecule has 2 nitrogen and oxygen atoms in total. The third kappa shape index (κ3) is 3.85. The van der Waals surface area contributed by atoms with Crippen molar-refractivity contribution < 1.29 is 9.13 Å². The van der Waals surface area contributed by atoms with E-state index in [-0.39, 0.29) is 11.9 Å². The minimum atomic E-state index is -0.240. The Labute approximate surface area is 104 Å². The minimum absolute atomic E-state index is 0.113. The lowest BCUT2D eigenvalue weighted by Gasteiger charge is -2.18. The molecule has 16 heavy (non-hydrogen) atoms. The van der Waals surface area contributed by atoms with E-state index in [2.05, 4.69) is 28.2 Å². The van der Waals surface area contributed by atoms with Gasteiger partial charge in [-0.15, -0.1) is 0 Å². The average molecular weight is 290 g/mol. The summed E-state index contributed by atoms with van der Waals surface area (Å²) >= 11 is 3.19. The molecule has 0 heterocycles. The largest absolute Gasteiger partial charge is 0.383 e. The number of ether oxygens (including phenoxy) is 1. The first-order valence-electron chi connectivity index (χ1n) is 5.36. The Kier molecular flexibility index (Phi) is 5.95. The van der Waals surface area contributed by atoms with E-state index >= 15 is 0 Å². The monoisotopic (exact) mass is 289 g/mol. The molecule has 0 saturated carbocycles. The van der Waals surface area contributed by atoms with Gasteiger partial charge >= 0.3 is 0 Å². The molecule has 0 aliphatic heterocycles. The molecule has 0 aromatic heterocycles. The molecule has 1 aromatic carbocycles. The topological polar surface area (TPSA) is 21.3 Å². The van der Waals surface area contributed by atoms with Crippen molar-refractivity contribution in [2.45, 2.75) is 19.4 Å². The van der Waals surface area contributed by atoms with Gasteiger partial charge in [-0.2, -0.15) is 0 Å². The van der Waals surface area contributed by atoms with Crippen molar-refractivity contribution in [3.05, 3.63) is 34.1 Å². The number of halogens is 2. The number of benzene rings is 1. The fourth-order valence-electron chi connectivity index (χ4n) is 1.49. The molecule has 0 aliphatic carbocycles. The van der Waals surface area contributed by atoms with Gasteiger partial charge < -0.3 is 10.1 Å². The molecule has 0 bridgehead atoms. The van der Waals surface area contributed by atoms with Gasteiger partial charge in [0.15, 0.2) is 0 Å². The predicted octanol–water partition coefficient (Wildman–Crippen LogP) is 3.28. The molecular weight excluding hydrogens is 273 g/mol. The van der Waals surface area contributed by atoms with E-state index in [1.807, 2.05) is 0 Å². The Balaban J connectivity index is 2.78. The van der Waals surface area contributed by atoms with Gasteiger partial charge in [-0.25, -0.2) is 4.39 Å². The van der Waals surface area contributed by atoms with Gasteiger partial charge in [-0.3, -0.25) is 0 Å². The second-order valence-electron chi connectivity index (χ2n) is 3.64. The van der Waals surface area contributed by atoms with E-state index in [4.69, 9.17) is 4.74 Å². The number of nitrogens with one attached hydrogen (secondary N) is 1. The van der Waals surface area contributed by atoms with Crippen LogP contribution < -0.4 is 5.32 Å². The van der Waals surface area contributed by atoms with Crippen LogP contribution in [0.2, 0.25) is 0 Å². The van der Waals surface area contributed by atoms with Crippen LogP contribution in [0.5, 0.6) is 0 Å². The summed E-state index contributed by atoms with van der Waals surface area (Å²) in [6, 6.07) is 5.16. The summed E-state index contributed by atoms with van der Waals surface area (Å²) in [5, 5.41) is 3.37. The van der Waals surface area contributed by atoms with Gasteiger partial charge in [-0.1, -0.05) is 13.0 Å². The molecule has 0 radical (unpaired) electrons. The van der Waals surface area contributed by atoms with Crippen LogP contribution in [0.25, 0.3) is 0 Å². The molecule has 1 atom stereocenters. The third-order valence-corrected chi connectivity index (χ3v) is 2.93. The minimum Gasteiger partial charge on any atom is -0.383 e. The molecule has 90 valence electrons. The second-order valence-corrected chi connectivity index (χ2v) is 4.49. The smallest absolute Gasteiger partial charge is 0.137 e. The summed E-state index contributed by atoms with van der Waals surface area (Å²) in [6.45, 7) is 3.61. The van der Waals surface area contributed by atoms with Crippen LogP contribution >= 0.6 is 15.9 Å². The highest BCUT2D eigenvalue weighted by Crippen LogP contribution is 2.21. The Bertz CT molecular complexity index is 333. The number of rotatable bonds is 6. The third-order valence-electron chi connectivity index (χ3n) is 2.32. The normalized spacial score (nSPS) is 12.8. The highest BCUT2D eigenvalue weighted by molar-refractivity contribution is 9.10. The van der Waals surface area contributed by atoms with E-state index < -0.39 is 0 Å². The van der Waals surface area contributed by atoms with Crippen molar-refractivity contribution >= 4 is 15.9 Å². The molecule has 0 fully saturated rings. The maximum atomic E-state index is 13.1. The predicted molar refractivity (Wildman–Crippen MR) is 67.0 cm³/mol. The number of hydrogen-bond acceptors (Lipinski definition) is 2. The van der Waals surface area contributed by atoms with Gasteiger partial charge in [0.05, 0.1) is 17.1 Å². The van der Waals surface area contributed by atoms with Gasteiger partial charge in [0, 0.05) is 7.11 Å². The van der Waals surface area contributed by atoms with E-state index in [0.29, 0.717) is 11.1 Å². The van der Waals surface area contributed by atoms with Crippen LogP contribution in [0.4, 0.5) is 4.39 Å². The van der Waals surface area contributed by atoms with Crippen molar-refractivity contribution in [2.24, 2.45) is 0 Å². The van der Waals surface area contributed by atoms with Crippen molar-refractivity contribution in [3.8, 4) is 0 Å². The maximum Gasteiger partial charge on any atom is 0.137 e. The van der Waals surface area contributed by atoms with Crippen molar-refractivity contribution in [2.75, 3.05) is 20.3 Å². The fourth-order valence-corrected chi connectivity index (χ4v) is 1.88. The summed E-state index contributed by atoms with van der Waals surface area (Å²) in [5.74, 6) is -0.240. The van der Waals surface area contributed by atoms with Gasteiger partial charge in [0.2, 0.25) is 0 Å². The van der Waals surface area contributed by atoms with Crippen LogP contribution in [0, 0.1) is 5.82 Å². The summed E-state index contributed by atoms with van der Waals surface area (Å²) in [4.78, 5) is 0. The molecular formula is C12H17BrFNO. The van der Waals surface area contributed by atoms with Crippen molar-refractivity contribution in [1.82, 2.24) is 5.32 Å². The molecule has 1 rings (SSSR count). The second kappa shape index (κ2) is 6.99. The zero-order valence-electron chi connectivity index (χ0n) is 9.59. The van der Waals surface area contributed by atoms with Gasteiger partial charge in [0.1, 0.15) is 5.82 Å². The van der Waals surface area contributed by atoms with E-state index in [1.54, 1.807) is 19.2 Å². The highest BCUT2D eigenvalue weighted by atomic mass is 79.9. The van der Waals surface area contributed by atoms with Crippen LogP contribution in [0.15, 0.2) is 22.7 Å². The van der Waals surface area contributed by atoms with Crippen LogP contribution in [0.1, 0.15) is 24.9 Å². The molecule has 4 heteroatoms. The number of hydrogen-bond donors (Lipinski definition) is 1. The molecule has 1 N–H and O–H groups in total. The van der Waals surface area contributed by atoms with E-state index in [0.717, 1.165) is 18.5 Å². The molecule has 0 amide bonds. The highest BCUT2D eigenvalue weighted by Gasteiger charge is 2.11. The SMILES string of the molecule is CCCNC(COC)c1ccc(F)c(Br)c1. The first-order valence-corrected chi connectivity index (χ1v) is 6.15. The lowest BCUT2D eigenvalue weighted by atomic mass is 10.1. The van der Waals surface area contributed by atoms with E-state index in [1.165, 1.54) is 6.07 Å². The molecule has 1 unspecified atom stereocenters. The Morgan fingerprint density at radius 2 is 2.25 bits per heavy atom. The average Bonchev–Trinajstić information content (AvgIpc) is 2.28. The molecule has 0 aliphatic rings. The number of methoxy groups -OCH3 is 1. The van der Waals surface area contributed by atoms with Gasteiger partial charge in [0.25, 0.3) is 0 Å². The van der Waals surface area contributed by atoms with Crippen LogP contribution in [-0.2, 0) is 4.74 Å². The summed E-state index contributed by atoms with van der Waals surface area (Å²) in [6.07, 6.45) is 1.06. The first kappa shape index (κ1) is 13.6. The zero-order valence-corrected chi connectivity index (χ0v) is 11.2. The van der Waals surface area contributed by atoms with E-state index in [9.17, 15) is 4.39 Å². The summed E-state index contributed by atoms with van der Waals surface area (Å²) < 4.78 is 18.7.